The van der Waals surface area contributed by atoms with Crippen molar-refractivity contribution in [1.29, 1.82) is 0 Å². The third kappa shape index (κ3) is 3.79. The SMILES string of the molecule is CNCc1ccc(CN2CCCC2CN(C)C)s1. The summed E-state index contributed by atoms with van der Waals surface area (Å²) in [4.78, 5) is 7.90. The minimum atomic E-state index is 0.745. The fourth-order valence-corrected chi connectivity index (χ4v) is 3.76. The number of likely N-dealkylation sites (N-methyl/N-ethyl adjacent to an activating group) is 1. The molecule has 0 spiro atoms. The molecule has 1 aromatic rings. The lowest BCUT2D eigenvalue weighted by molar-refractivity contribution is 0.202. The summed E-state index contributed by atoms with van der Waals surface area (Å²) in [5.41, 5.74) is 0. The van der Waals surface area contributed by atoms with Gasteiger partial charge < -0.3 is 10.2 Å². The Labute approximate surface area is 115 Å². The van der Waals surface area contributed by atoms with Gasteiger partial charge >= 0.3 is 0 Å². The molecule has 0 saturated carbocycles. The molecule has 1 atom stereocenters. The normalized spacial score (nSPS) is 21.0. The van der Waals surface area contributed by atoms with Gasteiger partial charge in [0.2, 0.25) is 0 Å². The molecule has 1 saturated heterocycles. The van der Waals surface area contributed by atoms with Gasteiger partial charge in [0.1, 0.15) is 0 Å². The third-order valence-electron chi connectivity index (χ3n) is 3.50. The van der Waals surface area contributed by atoms with Crippen molar-refractivity contribution in [2.45, 2.75) is 32.0 Å². The van der Waals surface area contributed by atoms with Crippen LogP contribution in [0.3, 0.4) is 0 Å². The number of rotatable bonds is 6. The van der Waals surface area contributed by atoms with Crippen LogP contribution in [0.1, 0.15) is 22.6 Å². The maximum absolute atomic E-state index is 3.22. The second-order valence-corrected chi connectivity index (χ2v) is 6.68. The molecule has 2 rings (SSSR count). The van der Waals surface area contributed by atoms with E-state index in [9.17, 15) is 0 Å². The maximum Gasteiger partial charge on any atom is 0.0331 e. The van der Waals surface area contributed by atoms with Crippen molar-refractivity contribution in [1.82, 2.24) is 15.1 Å². The van der Waals surface area contributed by atoms with Gasteiger partial charge in [-0.05, 0) is 52.7 Å². The van der Waals surface area contributed by atoms with Crippen LogP contribution in [-0.2, 0) is 13.1 Å². The summed E-state index contributed by atoms with van der Waals surface area (Å²) in [5.74, 6) is 0. The van der Waals surface area contributed by atoms with Crippen LogP contribution in [0.4, 0.5) is 0 Å². The van der Waals surface area contributed by atoms with E-state index < -0.39 is 0 Å². The Bertz CT molecular complexity index is 362. The highest BCUT2D eigenvalue weighted by molar-refractivity contribution is 7.11. The molecule has 1 unspecified atom stereocenters. The van der Waals surface area contributed by atoms with Crippen molar-refractivity contribution in [3.63, 3.8) is 0 Å². The van der Waals surface area contributed by atoms with E-state index in [-0.39, 0.29) is 0 Å². The molecule has 3 nitrogen and oxygen atoms in total. The highest BCUT2D eigenvalue weighted by atomic mass is 32.1. The van der Waals surface area contributed by atoms with Crippen LogP contribution in [0.25, 0.3) is 0 Å². The van der Waals surface area contributed by atoms with Gasteiger partial charge in [-0.25, -0.2) is 0 Å². The van der Waals surface area contributed by atoms with Crippen LogP contribution in [-0.4, -0.2) is 50.1 Å². The van der Waals surface area contributed by atoms with Gasteiger partial charge in [0, 0.05) is 35.4 Å². The molecule has 1 aliphatic heterocycles. The minimum absolute atomic E-state index is 0.745. The lowest BCUT2D eigenvalue weighted by atomic mass is 10.2. The molecule has 1 aliphatic rings. The highest BCUT2D eigenvalue weighted by Crippen LogP contribution is 2.24. The van der Waals surface area contributed by atoms with Gasteiger partial charge in [0.25, 0.3) is 0 Å². The van der Waals surface area contributed by atoms with E-state index >= 15 is 0 Å². The summed E-state index contributed by atoms with van der Waals surface area (Å²) >= 11 is 1.95. The molecule has 0 bridgehead atoms. The van der Waals surface area contributed by atoms with Crippen LogP contribution in [0.15, 0.2) is 12.1 Å². The molecule has 0 aromatic carbocycles. The first kappa shape index (κ1) is 14.0. The standard InChI is InChI=1S/C14H25N3S/c1-15-9-13-6-7-14(18-13)11-17-8-4-5-12(17)10-16(2)3/h6-7,12,15H,4-5,8-11H2,1-3H3. The molecule has 4 heteroatoms. The summed E-state index contributed by atoms with van der Waals surface area (Å²) in [6.07, 6.45) is 2.71. The number of nitrogens with one attached hydrogen (secondary N) is 1. The van der Waals surface area contributed by atoms with Crippen molar-refractivity contribution < 1.29 is 0 Å². The molecule has 1 N–H and O–H groups in total. The molecule has 102 valence electrons. The molecule has 0 aliphatic carbocycles. The van der Waals surface area contributed by atoms with E-state index in [1.165, 1.54) is 35.7 Å². The summed E-state index contributed by atoms with van der Waals surface area (Å²) < 4.78 is 0. The predicted octanol–water partition coefficient (Wildman–Crippen LogP) is 1.99. The molecular weight excluding hydrogens is 242 g/mol. The second-order valence-electron chi connectivity index (χ2n) is 5.43. The van der Waals surface area contributed by atoms with Gasteiger partial charge in [-0.3, -0.25) is 4.90 Å². The van der Waals surface area contributed by atoms with Crippen LogP contribution < -0.4 is 5.32 Å². The van der Waals surface area contributed by atoms with Gasteiger partial charge in [-0.1, -0.05) is 0 Å². The van der Waals surface area contributed by atoms with E-state index in [0.29, 0.717) is 0 Å². The monoisotopic (exact) mass is 267 g/mol. The van der Waals surface area contributed by atoms with Gasteiger partial charge in [0.15, 0.2) is 0 Å². The second kappa shape index (κ2) is 6.66. The van der Waals surface area contributed by atoms with Crippen LogP contribution >= 0.6 is 11.3 Å². The largest absolute Gasteiger partial charge is 0.315 e. The summed E-state index contributed by atoms with van der Waals surface area (Å²) in [6.45, 7) is 4.57. The molecule has 18 heavy (non-hydrogen) atoms. The average Bonchev–Trinajstić information content (AvgIpc) is 2.90. The average molecular weight is 267 g/mol. The predicted molar refractivity (Wildman–Crippen MR) is 79.1 cm³/mol. The van der Waals surface area contributed by atoms with Crippen molar-refractivity contribution in [2.75, 3.05) is 34.2 Å². The molecule has 0 radical (unpaired) electrons. The van der Waals surface area contributed by atoms with E-state index in [2.05, 4.69) is 41.3 Å². The van der Waals surface area contributed by atoms with Gasteiger partial charge in [0.05, 0.1) is 0 Å². The Hall–Kier alpha value is -0.420. The highest BCUT2D eigenvalue weighted by Gasteiger charge is 2.25. The van der Waals surface area contributed by atoms with Gasteiger partial charge in [-0.15, -0.1) is 11.3 Å². The van der Waals surface area contributed by atoms with Crippen molar-refractivity contribution in [3.8, 4) is 0 Å². The number of hydrogen-bond acceptors (Lipinski definition) is 4. The zero-order valence-corrected chi connectivity index (χ0v) is 12.6. The Morgan fingerprint density at radius 3 is 2.89 bits per heavy atom. The van der Waals surface area contributed by atoms with E-state index in [1.54, 1.807) is 0 Å². The van der Waals surface area contributed by atoms with E-state index in [0.717, 1.165) is 19.1 Å². The summed E-state index contributed by atoms with van der Waals surface area (Å²) in [7, 11) is 6.35. The first-order chi connectivity index (χ1) is 8.69. The van der Waals surface area contributed by atoms with Crippen LogP contribution in [0.5, 0.6) is 0 Å². The Kier molecular flexibility index (Phi) is 5.18. The third-order valence-corrected chi connectivity index (χ3v) is 4.57. The Balaban J connectivity index is 1.90. The molecule has 1 fully saturated rings. The Morgan fingerprint density at radius 2 is 2.17 bits per heavy atom. The lowest BCUT2D eigenvalue weighted by Gasteiger charge is -2.26. The maximum atomic E-state index is 3.22. The van der Waals surface area contributed by atoms with E-state index in [1.807, 2.05) is 18.4 Å². The quantitative estimate of drug-likeness (QED) is 0.850. The van der Waals surface area contributed by atoms with Crippen LogP contribution in [0.2, 0.25) is 0 Å². The van der Waals surface area contributed by atoms with E-state index in [4.69, 9.17) is 0 Å². The zero-order valence-electron chi connectivity index (χ0n) is 11.8. The number of thiophene rings is 1. The van der Waals surface area contributed by atoms with Crippen LogP contribution in [0, 0.1) is 0 Å². The minimum Gasteiger partial charge on any atom is -0.315 e. The smallest absolute Gasteiger partial charge is 0.0331 e. The number of nitrogens with zero attached hydrogens (tertiary/aromatic N) is 2. The number of hydrogen-bond donors (Lipinski definition) is 1. The zero-order chi connectivity index (χ0) is 13.0. The first-order valence-corrected chi connectivity index (χ1v) is 7.61. The molecule has 0 amide bonds. The topological polar surface area (TPSA) is 18.5 Å². The Morgan fingerprint density at radius 1 is 1.39 bits per heavy atom. The van der Waals surface area contributed by atoms with Crippen molar-refractivity contribution in [3.05, 3.63) is 21.9 Å². The first-order valence-electron chi connectivity index (χ1n) is 6.80. The fourth-order valence-electron chi connectivity index (χ4n) is 2.71. The molecule has 2 heterocycles. The number of likely N-dealkylation sites (tertiary alicyclic amines) is 1. The molecule has 1 aromatic heterocycles. The summed E-state index contributed by atoms with van der Waals surface area (Å²) in [6, 6.07) is 5.30. The summed E-state index contributed by atoms with van der Waals surface area (Å²) in [5, 5.41) is 3.22. The molecular formula is C14H25N3S. The lowest BCUT2D eigenvalue weighted by Crippen LogP contribution is -2.36. The van der Waals surface area contributed by atoms with Crippen molar-refractivity contribution >= 4 is 11.3 Å². The van der Waals surface area contributed by atoms with Crippen molar-refractivity contribution in [2.24, 2.45) is 0 Å². The fraction of sp³-hybridized carbons (Fsp3) is 0.714. The van der Waals surface area contributed by atoms with Gasteiger partial charge in [-0.2, -0.15) is 0 Å².